The first kappa shape index (κ1) is 37.6. The molecule has 25 heteroatoms. The average molecular weight is 770 g/mol. The summed E-state index contributed by atoms with van der Waals surface area (Å²) in [6, 6.07) is 5.57. The Bertz CT molecular complexity index is 2040. The van der Waals surface area contributed by atoms with Crippen molar-refractivity contribution in [3.8, 4) is 0 Å². The lowest BCUT2D eigenvalue weighted by molar-refractivity contribution is -0.765. The normalized spacial score (nSPS) is 28.3. The highest BCUT2D eigenvalue weighted by molar-refractivity contribution is 7.61. The lowest BCUT2D eigenvalue weighted by atomic mass is 10.1. The first-order chi connectivity index (χ1) is 24.6. The van der Waals surface area contributed by atoms with Crippen molar-refractivity contribution in [3.63, 3.8) is 0 Å². The monoisotopic (exact) mass is 769 g/mol. The van der Waals surface area contributed by atoms with Gasteiger partial charge in [0.1, 0.15) is 47.9 Å². The van der Waals surface area contributed by atoms with Crippen LogP contribution in [0.2, 0.25) is 0 Å². The van der Waals surface area contributed by atoms with Crippen LogP contribution in [0.1, 0.15) is 33.2 Å². The van der Waals surface area contributed by atoms with Crippen LogP contribution in [0.5, 0.6) is 0 Å². The number of nitrogen functional groups attached to an aromatic ring is 1. The molecule has 4 aromatic heterocycles. The number of phosphoric acid groups is 2. The van der Waals surface area contributed by atoms with E-state index in [0.29, 0.717) is 0 Å². The number of aliphatic hydroxyl groups excluding tert-OH is 4. The zero-order valence-electron chi connectivity index (χ0n) is 26.3. The Hall–Kier alpha value is -4.19. The molecule has 2 saturated heterocycles. The number of hydrogen-bond donors (Lipinski definition) is 8. The predicted molar refractivity (Wildman–Crippen MR) is 167 cm³/mol. The minimum absolute atomic E-state index is 0.0302. The van der Waals surface area contributed by atoms with Crippen molar-refractivity contribution >= 4 is 44.4 Å². The van der Waals surface area contributed by atoms with E-state index in [-0.39, 0.29) is 28.1 Å². The number of nitrogens with zero attached hydrogens (tertiary/aromatic N) is 6. The van der Waals surface area contributed by atoms with Crippen LogP contribution in [0.25, 0.3) is 11.2 Å². The van der Waals surface area contributed by atoms with Crippen LogP contribution in [0.15, 0.2) is 61.7 Å². The number of nitrogens with one attached hydrogen (secondary N) is 1. The molecule has 2 aliphatic rings. The van der Waals surface area contributed by atoms with Gasteiger partial charge in [-0.2, -0.15) is 8.88 Å². The molecule has 4 aromatic rings. The number of amides is 2. The first-order valence-electron chi connectivity index (χ1n) is 15.0. The number of aromatic nitrogens is 6. The summed E-state index contributed by atoms with van der Waals surface area (Å²) in [6.45, 7) is -1.87. The zero-order valence-corrected chi connectivity index (χ0v) is 28.1. The number of hydrogen-bond acceptors (Lipinski definition) is 18. The quantitative estimate of drug-likeness (QED) is 0.0432. The molecule has 52 heavy (non-hydrogen) atoms. The maximum absolute atomic E-state index is 12.7. The molecule has 0 aromatic carbocycles. The summed E-state index contributed by atoms with van der Waals surface area (Å²) >= 11 is 0. The third kappa shape index (κ3) is 8.06. The molecule has 0 bridgehead atoms. The summed E-state index contributed by atoms with van der Waals surface area (Å²) in [5.41, 5.74) is 6.25. The van der Waals surface area contributed by atoms with Crippen LogP contribution < -0.4 is 15.6 Å². The molecule has 0 spiro atoms. The number of fused-ring (bicyclic) bond motifs is 1. The fourth-order valence-electron chi connectivity index (χ4n) is 5.32. The number of nitrogens with two attached hydrogens (primary N) is 1. The van der Waals surface area contributed by atoms with Gasteiger partial charge in [0.15, 0.2) is 36.2 Å². The van der Waals surface area contributed by atoms with Crippen molar-refractivity contribution < 1.29 is 76.3 Å². The lowest BCUT2D eigenvalue weighted by Gasteiger charge is -2.20. The number of carbonyl (C=O) groups is 2. The molecule has 0 radical (unpaired) electrons. The number of aliphatic hydroxyl groups is 4. The van der Waals surface area contributed by atoms with Gasteiger partial charge in [-0.15, -0.1) is 0 Å². The predicted octanol–water partition coefficient (Wildman–Crippen LogP) is -2.15. The van der Waals surface area contributed by atoms with E-state index in [0.717, 1.165) is 6.33 Å². The fourth-order valence-corrected chi connectivity index (χ4v) is 7.41. The molecule has 2 aliphatic heterocycles. The van der Waals surface area contributed by atoms with Gasteiger partial charge in [0.25, 0.3) is 18.0 Å². The minimum Gasteiger partial charge on any atom is -0.387 e. The Morgan fingerprint density at radius 1 is 0.885 bits per heavy atom. The smallest absolute Gasteiger partial charge is 0.387 e. The Balaban J connectivity index is 1.02. The molecule has 23 nitrogen and oxygen atoms in total. The number of imidazole rings is 1. The maximum atomic E-state index is 12.7. The molecule has 6 heterocycles. The number of rotatable bonds is 12. The van der Waals surface area contributed by atoms with Gasteiger partial charge in [0.2, 0.25) is 0 Å². The highest BCUT2D eigenvalue weighted by Gasteiger charge is 2.50. The highest BCUT2D eigenvalue weighted by atomic mass is 31.3. The molecule has 0 aliphatic carbocycles. The fraction of sp³-hybridized carbons (Fsp3) is 0.370. The van der Waals surface area contributed by atoms with Crippen molar-refractivity contribution in [2.75, 3.05) is 18.9 Å². The van der Waals surface area contributed by atoms with E-state index in [1.807, 2.05) is 0 Å². The van der Waals surface area contributed by atoms with Gasteiger partial charge in [-0.25, -0.2) is 24.1 Å². The van der Waals surface area contributed by atoms with Crippen molar-refractivity contribution in [3.05, 3.63) is 72.8 Å². The second-order valence-electron chi connectivity index (χ2n) is 11.3. The maximum Gasteiger partial charge on any atom is 0.481 e. The summed E-state index contributed by atoms with van der Waals surface area (Å²) in [5.74, 6) is -1.45. The zero-order chi connectivity index (χ0) is 37.4. The van der Waals surface area contributed by atoms with Crippen LogP contribution >= 0.6 is 15.6 Å². The number of pyridine rings is 2. The van der Waals surface area contributed by atoms with Gasteiger partial charge in [-0.05, 0) is 18.2 Å². The van der Waals surface area contributed by atoms with E-state index in [1.54, 1.807) is 0 Å². The number of imide groups is 1. The summed E-state index contributed by atoms with van der Waals surface area (Å²) in [4.78, 5) is 61.0. The van der Waals surface area contributed by atoms with Crippen LogP contribution in [0.4, 0.5) is 5.82 Å². The molecule has 2 fully saturated rings. The van der Waals surface area contributed by atoms with E-state index >= 15 is 0 Å². The Labute approximate surface area is 291 Å². The van der Waals surface area contributed by atoms with Crippen molar-refractivity contribution in [2.45, 2.75) is 49.1 Å². The van der Waals surface area contributed by atoms with E-state index in [9.17, 15) is 48.9 Å². The summed E-state index contributed by atoms with van der Waals surface area (Å²) in [5, 5.41) is 44.4. The molecule has 278 valence electrons. The summed E-state index contributed by atoms with van der Waals surface area (Å²) in [6.07, 6.45) is -4.60. The Kier molecular flexibility index (Phi) is 10.9. The summed E-state index contributed by atoms with van der Waals surface area (Å²) in [7, 11) is -10.9. The van der Waals surface area contributed by atoms with Crippen LogP contribution in [0, 0.1) is 0 Å². The molecule has 9 N–H and O–H groups in total. The van der Waals surface area contributed by atoms with Crippen molar-refractivity contribution in [1.82, 2.24) is 29.8 Å². The largest absolute Gasteiger partial charge is 0.481 e. The van der Waals surface area contributed by atoms with Crippen molar-refractivity contribution in [2.24, 2.45) is 0 Å². The van der Waals surface area contributed by atoms with Gasteiger partial charge in [-0.1, -0.05) is 0 Å². The van der Waals surface area contributed by atoms with Crippen molar-refractivity contribution in [1.29, 1.82) is 0 Å². The van der Waals surface area contributed by atoms with Gasteiger partial charge in [0.05, 0.1) is 19.5 Å². The molecule has 10 atom stereocenters. The molecule has 2 amide bonds. The molecule has 2 unspecified atom stereocenters. The number of ether oxygens (including phenoxy) is 2. The van der Waals surface area contributed by atoms with Gasteiger partial charge >= 0.3 is 15.6 Å². The third-order valence-electron chi connectivity index (χ3n) is 7.89. The SMILES string of the molecule is Nc1ncnc2c1ncn2[C@@H]1O[C@H](COP(=O)(O)OP(=O)(O)OC[C@H]2O[C@@H]([n+]3cccc(C(=O)NC(=O)c4ccncc4)c3)[C@H](O)[C@@H]2O)[C@@H](O)[C@H]1O. The Morgan fingerprint density at radius 3 is 2.21 bits per heavy atom. The summed E-state index contributed by atoms with van der Waals surface area (Å²) < 4.78 is 52.5. The first-order valence-corrected chi connectivity index (χ1v) is 18.0. The van der Waals surface area contributed by atoms with E-state index < -0.39 is 89.8 Å². The molecule has 6 rings (SSSR count). The number of phosphoric ester groups is 2. The average Bonchev–Trinajstić information content (AvgIpc) is 3.76. The number of anilines is 1. The topological polar surface area (TPSA) is 334 Å². The third-order valence-corrected chi connectivity index (χ3v) is 10.5. The van der Waals surface area contributed by atoms with Crippen LogP contribution in [-0.4, -0.2) is 116 Å². The van der Waals surface area contributed by atoms with Gasteiger partial charge < -0.3 is 45.4 Å². The van der Waals surface area contributed by atoms with Gasteiger partial charge in [0, 0.05) is 24.0 Å². The standard InChI is InChI=1S/C27H30N8O15P2/c28-22-17-23(31-11-30-22)35(12-32-17)27-21(39)19(37)16(49-27)10-47-52(44,45)50-51(42,43)46-9-15-18(36)20(38)26(48-15)34-7-1-2-14(8-34)25(41)33-24(40)13-3-5-29-6-4-13/h1-8,11-12,15-16,18-21,26-27,36-39H,9-10H2,(H4-,28,30,31,33,40,41,42,43,44,45)/p+1/t15-,16-,18-,19-,20-,21-,26-,27-/m1/s1. The molecular formula is C27H31N8O15P2+. The van der Waals surface area contributed by atoms with Crippen LogP contribution in [-0.2, 0) is 32.0 Å². The Morgan fingerprint density at radius 2 is 1.52 bits per heavy atom. The van der Waals surface area contributed by atoms with Gasteiger partial charge in [-0.3, -0.25) is 33.5 Å². The lowest BCUT2D eigenvalue weighted by Crippen LogP contribution is -2.46. The van der Waals surface area contributed by atoms with E-state index in [4.69, 9.17) is 24.3 Å². The van der Waals surface area contributed by atoms with E-state index in [2.05, 4.69) is 29.6 Å². The van der Waals surface area contributed by atoms with E-state index in [1.165, 1.54) is 64.5 Å². The number of carbonyl (C=O) groups excluding carboxylic acids is 2. The second kappa shape index (κ2) is 15.0. The second-order valence-corrected chi connectivity index (χ2v) is 14.4. The highest BCUT2D eigenvalue weighted by Crippen LogP contribution is 2.60. The van der Waals surface area contributed by atoms with Crippen LogP contribution in [0.3, 0.4) is 0 Å². The minimum atomic E-state index is -5.43. The molecule has 0 saturated carbocycles. The molecular weight excluding hydrogens is 738 g/mol.